The van der Waals surface area contributed by atoms with Crippen LogP contribution < -0.4 is 10.1 Å². The minimum atomic E-state index is -4.42. The van der Waals surface area contributed by atoms with Crippen molar-refractivity contribution in [1.82, 2.24) is 4.90 Å². The van der Waals surface area contributed by atoms with Gasteiger partial charge in [-0.25, -0.2) is 4.79 Å². The molecule has 8 heteroatoms. The SMILES string of the molecule is CC(CO)N(C)C(=O)Nc1cccc(OCC(F)(F)F)c1. The fourth-order valence-corrected chi connectivity index (χ4v) is 1.36. The molecule has 1 unspecified atom stereocenters. The van der Waals surface area contributed by atoms with E-state index in [2.05, 4.69) is 10.1 Å². The molecule has 0 saturated heterocycles. The van der Waals surface area contributed by atoms with E-state index in [0.29, 0.717) is 5.69 Å². The van der Waals surface area contributed by atoms with E-state index in [1.807, 2.05) is 0 Å². The molecular weight excluding hydrogens is 289 g/mol. The first-order valence-electron chi connectivity index (χ1n) is 6.17. The lowest BCUT2D eigenvalue weighted by Gasteiger charge is -2.23. The van der Waals surface area contributed by atoms with Crippen LogP contribution >= 0.6 is 0 Å². The Labute approximate surface area is 120 Å². The Morgan fingerprint density at radius 2 is 2.14 bits per heavy atom. The van der Waals surface area contributed by atoms with Crippen LogP contribution in [0, 0.1) is 0 Å². The summed E-state index contributed by atoms with van der Waals surface area (Å²) < 4.78 is 40.8. The highest BCUT2D eigenvalue weighted by atomic mass is 19.4. The number of halogens is 3. The Kier molecular flexibility index (Phi) is 5.83. The van der Waals surface area contributed by atoms with Crippen LogP contribution in [0.3, 0.4) is 0 Å². The number of nitrogens with zero attached hydrogens (tertiary/aromatic N) is 1. The van der Waals surface area contributed by atoms with Gasteiger partial charge in [0.2, 0.25) is 0 Å². The number of hydrogen-bond donors (Lipinski definition) is 2. The van der Waals surface area contributed by atoms with Gasteiger partial charge in [-0.3, -0.25) is 0 Å². The fourth-order valence-electron chi connectivity index (χ4n) is 1.36. The van der Waals surface area contributed by atoms with E-state index in [1.54, 1.807) is 6.92 Å². The van der Waals surface area contributed by atoms with Crippen LogP contribution in [0.5, 0.6) is 5.75 Å². The molecule has 0 aromatic heterocycles. The van der Waals surface area contributed by atoms with Crippen molar-refractivity contribution in [1.29, 1.82) is 0 Å². The van der Waals surface area contributed by atoms with Crippen molar-refractivity contribution < 1.29 is 27.8 Å². The molecule has 0 spiro atoms. The molecule has 0 aliphatic rings. The number of aliphatic hydroxyl groups is 1. The summed E-state index contributed by atoms with van der Waals surface area (Å²) in [6.07, 6.45) is -4.42. The molecule has 2 amide bonds. The van der Waals surface area contributed by atoms with Crippen LogP contribution in [-0.2, 0) is 0 Å². The Bertz CT molecular complexity index is 480. The van der Waals surface area contributed by atoms with Crippen LogP contribution in [-0.4, -0.2) is 48.5 Å². The van der Waals surface area contributed by atoms with Crippen molar-refractivity contribution in [2.24, 2.45) is 0 Å². The predicted molar refractivity (Wildman–Crippen MR) is 71.3 cm³/mol. The number of rotatable bonds is 5. The van der Waals surface area contributed by atoms with Gasteiger partial charge in [0.1, 0.15) is 5.75 Å². The molecule has 1 aromatic rings. The number of aliphatic hydroxyl groups excluding tert-OH is 1. The van der Waals surface area contributed by atoms with Crippen molar-refractivity contribution in [3.05, 3.63) is 24.3 Å². The molecule has 0 aliphatic heterocycles. The lowest BCUT2D eigenvalue weighted by atomic mass is 10.3. The van der Waals surface area contributed by atoms with Gasteiger partial charge in [0, 0.05) is 18.8 Å². The Hall–Kier alpha value is -1.96. The van der Waals surface area contributed by atoms with Gasteiger partial charge in [-0.15, -0.1) is 0 Å². The number of amides is 2. The second kappa shape index (κ2) is 7.16. The highest BCUT2D eigenvalue weighted by molar-refractivity contribution is 5.89. The number of nitrogens with one attached hydrogen (secondary N) is 1. The third-order valence-electron chi connectivity index (χ3n) is 2.73. The highest BCUT2D eigenvalue weighted by Crippen LogP contribution is 2.21. The average Bonchev–Trinajstić information content (AvgIpc) is 2.43. The summed E-state index contributed by atoms with van der Waals surface area (Å²) in [6.45, 7) is 0.0624. The molecule has 1 aromatic carbocycles. The second-order valence-electron chi connectivity index (χ2n) is 4.50. The maximum absolute atomic E-state index is 12.1. The summed E-state index contributed by atoms with van der Waals surface area (Å²) in [5.41, 5.74) is 0.302. The van der Waals surface area contributed by atoms with E-state index in [9.17, 15) is 18.0 Å². The quantitative estimate of drug-likeness (QED) is 0.878. The molecule has 1 rings (SSSR count). The number of anilines is 1. The van der Waals surface area contributed by atoms with Crippen LogP contribution in [0.25, 0.3) is 0 Å². The minimum Gasteiger partial charge on any atom is -0.484 e. The molecule has 0 radical (unpaired) electrons. The summed E-state index contributed by atoms with van der Waals surface area (Å²) in [6, 6.07) is 4.79. The van der Waals surface area contributed by atoms with E-state index in [4.69, 9.17) is 5.11 Å². The van der Waals surface area contributed by atoms with Crippen LogP contribution in [0.2, 0.25) is 0 Å². The number of hydrogen-bond acceptors (Lipinski definition) is 3. The third kappa shape index (κ3) is 5.90. The Morgan fingerprint density at radius 3 is 2.71 bits per heavy atom. The van der Waals surface area contributed by atoms with Gasteiger partial charge >= 0.3 is 12.2 Å². The van der Waals surface area contributed by atoms with Crippen molar-refractivity contribution in [3.8, 4) is 5.75 Å². The Balaban J connectivity index is 2.66. The third-order valence-corrected chi connectivity index (χ3v) is 2.73. The first-order valence-corrected chi connectivity index (χ1v) is 6.17. The molecule has 118 valence electrons. The standard InChI is InChI=1S/C13H17F3N2O3/c1-9(7-19)18(2)12(20)17-10-4-3-5-11(6-10)21-8-13(14,15)16/h3-6,9,19H,7-8H2,1-2H3,(H,17,20). The predicted octanol–water partition coefficient (Wildman–Crippen LogP) is 2.47. The molecule has 0 heterocycles. The number of alkyl halides is 3. The average molecular weight is 306 g/mol. The first kappa shape index (κ1) is 17.1. The zero-order chi connectivity index (χ0) is 16.0. The lowest BCUT2D eigenvalue weighted by molar-refractivity contribution is -0.153. The number of carbonyl (C=O) groups is 1. The molecule has 0 saturated carbocycles. The van der Waals surface area contributed by atoms with E-state index in [-0.39, 0.29) is 18.4 Å². The fraction of sp³-hybridized carbons (Fsp3) is 0.462. The summed E-state index contributed by atoms with van der Waals surface area (Å²) in [5, 5.41) is 11.5. The maximum Gasteiger partial charge on any atom is 0.422 e. The van der Waals surface area contributed by atoms with Gasteiger partial charge in [0.05, 0.1) is 12.6 Å². The first-order chi connectivity index (χ1) is 9.73. The van der Waals surface area contributed by atoms with Gasteiger partial charge in [-0.05, 0) is 19.1 Å². The molecule has 0 bridgehead atoms. The summed E-state index contributed by atoms with van der Waals surface area (Å²) in [4.78, 5) is 13.1. The summed E-state index contributed by atoms with van der Waals surface area (Å²) >= 11 is 0. The van der Waals surface area contributed by atoms with E-state index >= 15 is 0 Å². The molecule has 5 nitrogen and oxygen atoms in total. The normalized spacial score (nSPS) is 12.7. The van der Waals surface area contributed by atoms with Gasteiger partial charge < -0.3 is 20.1 Å². The zero-order valence-corrected chi connectivity index (χ0v) is 11.6. The van der Waals surface area contributed by atoms with Crippen molar-refractivity contribution in [2.75, 3.05) is 25.6 Å². The van der Waals surface area contributed by atoms with Crippen molar-refractivity contribution >= 4 is 11.7 Å². The molecule has 1 atom stereocenters. The number of ether oxygens (including phenoxy) is 1. The summed E-state index contributed by atoms with van der Waals surface area (Å²) in [7, 11) is 1.50. The molecule has 0 fully saturated rings. The second-order valence-corrected chi connectivity index (χ2v) is 4.50. The minimum absolute atomic E-state index is 0.00276. The smallest absolute Gasteiger partial charge is 0.422 e. The van der Waals surface area contributed by atoms with E-state index in [1.165, 1.54) is 36.2 Å². The Morgan fingerprint density at radius 1 is 1.48 bits per heavy atom. The van der Waals surface area contributed by atoms with Crippen LogP contribution in [0.15, 0.2) is 24.3 Å². The largest absolute Gasteiger partial charge is 0.484 e. The van der Waals surface area contributed by atoms with E-state index < -0.39 is 18.8 Å². The lowest BCUT2D eigenvalue weighted by Crippen LogP contribution is -2.40. The monoisotopic (exact) mass is 306 g/mol. The van der Waals surface area contributed by atoms with Crippen LogP contribution in [0.4, 0.5) is 23.7 Å². The molecule has 0 aliphatic carbocycles. The maximum atomic E-state index is 12.1. The zero-order valence-electron chi connectivity index (χ0n) is 11.6. The molecular formula is C13H17F3N2O3. The topological polar surface area (TPSA) is 61.8 Å². The van der Waals surface area contributed by atoms with E-state index in [0.717, 1.165) is 0 Å². The number of urea groups is 1. The highest BCUT2D eigenvalue weighted by Gasteiger charge is 2.28. The van der Waals surface area contributed by atoms with Gasteiger partial charge in [0.15, 0.2) is 6.61 Å². The number of benzene rings is 1. The number of likely N-dealkylation sites (N-methyl/N-ethyl adjacent to an activating group) is 1. The van der Waals surface area contributed by atoms with Crippen LogP contribution in [0.1, 0.15) is 6.92 Å². The van der Waals surface area contributed by atoms with Gasteiger partial charge in [-0.1, -0.05) is 6.07 Å². The molecule has 2 N–H and O–H groups in total. The number of carbonyl (C=O) groups excluding carboxylic acids is 1. The van der Waals surface area contributed by atoms with Crippen molar-refractivity contribution in [3.63, 3.8) is 0 Å². The molecule has 21 heavy (non-hydrogen) atoms. The van der Waals surface area contributed by atoms with Gasteiger partial charge in [0.25, 0.3) is 0 Å². The van der Waals surface area contributed by atoms with Crippen molar-refractivity contribution in [2.45, 2.75) is 19.1 Å². The summed E-state index contributed by atoms with van der Waals surface area (Å²) in [5.74, 6) is 0.00276. The van der Waals surface area contributed by atoms with Gasteiger partial charge in [-0.2, -0.15) is 13.2 Å².